The van der Waals surface area contributed by atoms with Crippen LogP contribution in [0.2, 0.25) is 5.02 Å². The number of carbonyl (C=O) groups is 1. The summed E-state index contributed by atoms with van der Waals surface area (Å²) in [5.41, 5.74) is 5.10. The number of imidazole rings is 1. The number of benzene rings is 2. The first kappa shape index (κ1) is 19.2. The summed E-state index contributed by atoms with van der Waals surface area (Å²) in [6.07, 6.45) is 9.88. The van der Waals surface area contributed by atoms with Gasteiger partial charge in [0.25, 0.3) is 0 Å². The molecule has 31 heavy (non-hydrogen) atoms. The first-order valence-electron chi connectivity index (χ1n) is 11.2. The van der Waals surface area contributed by atoms with Gasteiger partial charge in [0.1, 0.15) is 6.54 Å². The molecule has 1 heterocycles. The van der Waals surface area contributed by atoms with Gasteiger partial charge in [-0.3, -0.25) is 4.79 Å². The summed E-state index contributed by atoms with van der Waals surface area (Å²) in [5.74, 6) is 1.86. The molecule has 1 aromatic heterocycles. The number of aromatic nitrogens is 2. The van der Waals surface area contributed by atoms with E-state index in [4.69, 9.17) is 16.7 Å². The first-order valence-corrected chi connectivity index (χ1v) is 11.6. The lowest BCUT2D eigenvalue weighted by Crippen LogP contribution is -2.48. The summed E-state index contributed by atoms with van der Waals surface area (Å²) in [4.78, 5) is 15.4. The molecule has 0 radical (unpaired) electrons. The average molecular weight is 436 g/mol. The zero-order valence-electron chi connectivity index (χ0n) is 17.4. The van der Waals surface area contributed by atoms with Gasteiger partial charge < -0.3 is 15.0 Å². The second kappa shape index (κ2) is 6.99. The van der Waals surface area contributed by atoms with E-state index < -0.39 is 5.97 Å². The molecule has 0 saturated heterocycles. The quantitative estimate of drug-likeness (QED) is 0.516. The van der Waals surface area contributed by atoms with Crippen LogP contribution in [0.1, 0.15) is 44.1 Å². The highest BCUT2D eigenvalue weighted by Gasteiger charge is 2.51. The van der Waals surface area contributed by atoms with Gasteiger partial charge in [0, 0.05) is 5.69 Å². The molecule has 4 saturated carbocycles. The van der Waals surface area contributed by atoms with Gasteiger partial charge in [0.15, 0.2) is 0 Å². The molecular formula is C25H26ClN3O2. The number of hydrogen-bond acceptors (Lipinski definition) is 3. The predicted octanol–water partition coefficient (Wildman–Crippen LogP) is 5.99. The maximum atomic E-state index is 11.0. The van der Waals surface area contributed by atoms with Crippen molar-refractivity contribution in [2.24, 2.45) is 17.8 Å². The number of fused-ring (bicyclic) bond motifs is 1. The van der Waals surface area contributed by atoms with Gasteiger partial charge in [-0.1, -0.05) is 17.7 Å². The van der Waals surface area contributed by atoms with Crippen LogP contribution in [-0.2, 0) is 16.8 Å². The molecule has 4 aliphatic rings. The zero-order valence-corrected chi connectivity index (χ0v) is 18.1. The number of nitrogens with zero attached hydrogens (tertiary/aromatic N) is 2. The van der Waals surface area contributed by atoms with Gasteiger partial charge >= 0.3 is 5.97 Å². The molecule has 4 fully saturated rings. The Balaban J connectivity index is 1.25. The highest BCUT2D eigenvalue weighted by atomic mass is 35.5. The van der Waals surface area contributed by atoms with Gasteiger partial charge in [0.2, 0.25) is 0 Å². The molecule has 2 N–H and O–H groups in total. The number of carboxylic acid groups (broad SMARTS) is 1. The molecule has 0 atom stereocenters. The van der Waals surface area contributed by atoms with Gasteiger partial charge in [-0.25, -0.2) is 4.98 Å². The van der Waals surface area contributed by atoms with E-state index in [0.29, 0.717) is 5.41 Å². The highest BCUT2D eigenvalue weighted by molar-refractivity contribution is 6.33. The minimum atomic E-state index is -0.882. The van der Waals surface area contributed by atoms with Gasteiger partial charge in [-0.05, 0) is 97.6 Å². The lowest BCUT2D eigenvalue weighted by atomic mass is 9.48. The smallest absolute Gasteiger partial charge is 0.323 e. The summed E-state index contributed by atoms with van der Waals surface area (Å²) < 4.78 is 1.63. The SMILES string of the molecule is O=C(O)Cn1cnc2cc(Nc3ccc(C45CC6CC(CC(C6)C4)C5)cc3Cl)ccc21. The Labute approximate surface area is 186 Å². The van der Waals surface area contributed by atoms with E-state index in [2.05, 4.69) is 28.5 Å². The number of aliphatic carboxylic acids is 1. The van der Waals surface area contributed by atoms with Crippen LogP contribution in [0.5, 0.6) is 0 Å². The number of hydrogen-bond donors (Lipinski definition) is 2. The van der Waals surface area contributed by atoms with Crippen molar-refractivity contribution in [3.8, 4) is 0 Å². The lowest BCUT2D eigenvalue weighted by molar-refractivity contribution is -0.137. The molecule has 3 aromatic rings. The van der Waals surface area contributed by atoms with Crippen molar-refractivity contribution in [1.82, 2.24) is 9.55 Å². The fourth-order valence-corrected chi connectivity index (χ4v) is 7.21. The van der Waals surface area contributed by atoms with Crippen molar-refractivity contribution < 1.29 is 9.90 Å². The summed E-state index contributed by atoms with van der Waals surface area (Å²) in [6.45, 7) is -0.0963. The Morgan fingerprint density at radius 1 is 1.10 bits per heavy atom. The van der Waals surface area contributed by atoms with Crippen molar-refractivity contribution in [2.75, 3.05) is 5.32 Å². The summed E-state index contributed by atoms with van der Waals surface area (Å²) in [7, 11) is 0. The Morgan fingerprint density at radius 2 is 1.81 bits per heavy atom. The standard InChI is InChI=1S/C25H26ClN3O2/c26-20-8-18(25-10-15-5-16(11-25)7-17(6-15)12-25)1-3-21(20)28-19-2-4-23-22(9-19)27-14-29(23)13-24(30)31/h1-4,8-9,14-17,28H,5-7,10-13H2,(H,30,31). The summed E-state index contributed by atoms with van der Waals surface area (Å²) in [5, 5.41) is 13.2. The first-order chi connectivity index (χ1) is 15.0. The molecular weight excluding hydrogens is 410 g/mol. The van der Waals surface area contributed by atoms with Crippen molar-refractivity contribution in [3.63, 3.8) is 0 Å². The molecule has 0 spiro atoms. The van der Waals surface area contributed by atoms with E-state index in [1.54, 1.807) is 10.9 Å². The number of carboxylic acids is 1. The molecule has 4 aliphatic carbocycles. The predicted molar refractivity (Wildman–Crippen MR) is 122 cm³/mol. The molecule has 160 valence electrons. The van der Waals surface area contributed by atoms with E-state index in [9.17, 15) is 4.79 Å². The molecule has 4 bridgehead atoms. The highest BCUT2D eigenvalue weighted by Crippen LogP contribution is 2.61. The van der Waals surface area contributed by atoms with Crippen LogP contribution in [0.3, 0.4) is 0 Å². The van der Waals surface area contributed by atoms with Gasteiger partial charge in [-0.2, -0.15) is 0 Å². The summed E-state index contributed by atoms with van der Waals surface area (Å²) in [6, 6.07) is 12.3. The van der Waals surface area contributed by atoms with E-state index >= 15 is 0 Å². The maximum absolute atomic E-state index is 11.0. The average Bonchev–Trinajstić information content (AvgIpc) is 3.10. The minimum absolute atomic E-state index is 0.0963. The fourth-order valence-electron chi connectivity index (χ4n) is 6.98. The Morgan fingerprint density at radius 3 is 2.45 bits per heavy atom. The molecule has 0 amide bonds. The molecule has 5 nitrogen and oxygen atoms in total. The molecule has 6 heteroatoms. The molecule has 7 rings (SSSR count). The largest absolute Gasteiger partial charge is 0.480 e. The molecule has 2 aromatic carbocycles. The van der Waals surface area contributed by atoms with Crippen molar-refractivity contribution in [1.29, 1.82) is 0 Å². The minimum Gasteiger partial charge on any atom is -0.480 e. The second-order valence-corrected chi connectivity index (χ2v) is 10.4. The van der Waals surface area contributed by atoms with Crippen LogP contribution < -0.4 is 5.32 Å². The van der Waals surface area contributed by atoms with Crippen LogP contribution in [0.15, 0.2) is 42.7 Å². The van der Waals surface area contributed by atoms with Crippen molar-refractivity contribution in [3.05, 3.63) is 53.3 Å². The van der Waals surface area contributed by atoms with E-state index in [1.807, 2.05) is 18.2 Å². The monoisotopic (exact) mass is 435 g/mol. The Bertz CT molecular complexity index is 1150. The third-order valence-electron chi connectivity index (χ3n) is 7.83. The van der Waals surface area contributed by atoms with Gasteiger partial charge in [0.05, 0.1) is 28.1 Å². The number of halogens is 1. The summed E-state index contributed by atoms with van der Waals surface area (Å²) >= 11 is 6.75. The number of rotatable bonds is 5. The maximum Gasteiger partial charge on any atom is 0.323 e. The van der Waals surface area contributed by atoms with Crippen LogP contribution in [0.4, 0.5) is 11.4 Å². The third-order valence-corrected chi connectivity index (χ3v) is 8.14. The van der Waals surface area contributed by atoms with Crippen molar-refractivity contribution >= 4 is 40.0 Å². The number of nitrogens with one attached hydrogen (secondary N) is 1. The van der Waals surface area contributed by atoms with E-state index in [-0.39, 0.29) is 6.54 Å². The van der Waals surface area contributed by atoms with E-state index in [1.165, 1.54) is 44.1 Å². The Hall–Kier alpha value is -2.53. The van der Waals surface area contributed by atoms with Crippen molar-refractivity contribution in [2.45, 2.75) is 50.5 Å². The molecule has 0 aliphatic heterocycles. The third kappa shape index (κ3) is 3.30. The zero-order chi connectivity index (χ0) is 21.2. The normalized spacial score (nSPS) is 28.9. The van der Waals surface area contributed by atoms with Crippen LogP contribution in [0, 0.1) is 17.8 Å². The Kier molecular flexibility index (Phi) is 4.32. The van der Waals surface area contributed by atoms with Crippen LogP contribution in [0.25, 0.3) is 11.0 Å². The van der Waals surface area contributed by atoms with Crippen LogP contribution >= 0.6 is 11.6 Å². The fraction of sp³-hybridized carbons (Fsp3) is 0.440. The topological polar surface area (TPSA) is 67.1 Å². The molecule has 0 unspecified atom stereocenters. The van der Waals surface area contributed by atoms with E-state index in [0.717, 1.165) is 45.2 Å². The van der Waals surface area contributed by atoms with Crippen LogP contribution in [-0.4, -0.2) is 20.6 Å². The van der Waals surface area contributed by atoms with Gasteiger partial charge in [-0.15, -0.1) is 0 Å². The second-order valence-electron chi connectivity index (χ2n) is 9.99. The lowest BCUT2D eigenvalue weighted by Gasteiger charge is -2.57. The number of anilines is 2.